The van der Waals surface area contributed by atoms with E-state index in [0.717, 1.165) is 23.4 Å². The Balaban J connectivity index is 0.000000980. The molecule has 1 aliphatic heterocycles. The fourth-order valence-corrected chi connectivity index (χ4v) is 1.49. The zero-order valence-corrected chi connectivity index (χ0v) is 7.46. The second kappa shape index (κ2) is 4.13. The van der Waals surface area contributed by atoms with Gasteiger partial charge in [0.25, 0.3) is 0 Å². The fraction of sp³-hybridized carbons (Fsp3) is 0.364. The van der Waals surface area contributed by atoms with Crippen molar-refractivity contribution in [1.29, 1.82) is 0 Å². The van der Waals surface area contributed by atoms with Crippen molar-refractivity contribution in [3.8, 4) is 5.75 Å². The van der Waals surface area contributed by atoms with E-state index in [-0.39, 0.29) is 13.3 Å². The molecule has 1 heterocycles. The van der Waals surface area contributed by atoms with E-state index in [1.165, 1.54) is 0 Å². The first-order valence-corrected chi connectivity index (χ1v) is 4.26. The van der Waals surface area contributed by atoms with Gasteiger partial charge in [0.1, 0.15) is 5.75 Å². The van der Waals surface area contributed by atoms with E-state index in [4.69, 9.17) is 4.74 Å². The molecule has 3 nitrogen and oxygen atoms in total. The Morgan fingerprint density at radius 2 is 2.14 bits per heavy atom. The molecule has 1 N–H and O–H groups in total. The summed E-state index contributed by atoms with van der Waals surface area (Å²) in [7, 11) is 1.64. The maximum atomic E-state index is 11.0. The number of ether oxygens (including phenoxy) is 1. The van der Waals surface area contributed by atoms with Crippen LogP contribution in [0.2, 0.25) is 0 Å². The first-order chi connectivity index (χ1) is 6.29. The number of anilines is 1. The van der Waals surface area contributed by atoms with E-state index >= 15 is 0 Å². The molecule has 76 valence electrons. The molecule has 14 heavy (non-hydrogen) atoms. The minimum Gasteiger partial charge on any atom is -0.497 e. The maximum Gasteiger partial charge on any atom is 0.224 e. The highest BCUT2D eigenvalue weighted by Crippen LogP contribution is 2.26. The molecule has 0 saturated carbocycles. The predicted molar refractivity (Wildman–Crippen MR) is 56.7 cm³/mol. The van der Waals surface area contributed by atoms with E-state index in [1.807, 2.05) is 18.2 Å². The lowest BCUT2D eigenvalue weighted by molar-refractivity contribution is -0.116. The summed E-state index contributed by atoms with van der Waals surface area (Å²) in [4.78, 5) is 11.0. The first kappa shape index (κ1) is 10.6. The third kappa shape index (κ3) is 1.87. The number of nitrogens with one attached hydrogen (secondary N) is 1. The zero-order valence-electron chi connectivity index (χ0n) is 7.46. The summed E-state index contributed by atoms with van der Waals surface area (Å²) in [5, 5.41) is 2.82. The number of hydrogen-bond acceptors (Lipinski definition) is 2. The lowest BCUT2D eigenvalue weighted by atomic mass is 10.0. The molecule has 0 spiro atoms. The zero-order chi connectivity index (χ0) is 9.26. The Morgan fingerprint density at radius 3 is 2.86 bits per heavy atom. The second-order valence-corrected chi connectivity index (χ2v) is 3.07. The molecular weight excluding hydrogens is 178 g/mol. The average molecular weight is 193 g/mol. The van der Waals surface area contributed by atoms with Crippen LogP contribution in [0.5, 0.6) is 5.75 Å². The number of carbonyl (C=O) groups is 1. The molecule has 0 atom stereocenters. The molecule has 0 saturated heterocycles. The lowest BCUT2D eigenvalue weighted by Crippen LogP contribution is -2.18. The molecule has 1 aromatic rings. The summed E-state index contributed by atoms with van der Waals surface area (Å²) < 4.78 is 5.09. The number of hydrogen-bond donors (Lipinski definition) is 1. The van der Waals surface area contributed by atoms with Crippen molar-refractivity contribution >= 4 is 11.6 Å². The van der Waals surface area contributed by atoms with Crippen molar-refractivity contribution in [3.63, 3.8) is 0 Å². The van der Waals surface area contributed by atoms with Crippen molar-refractivity contribution in [1.82, 2.24) is 0 Å². The van der Waals surface area contributed by atoms with Crippen LogP contribution in [0.1, 0.15) is 19.4 Å². The summed E-state index contributed by atoms with van der Waals surface area (Å²) in [6, 6.07) is 5.70. The van der Waals surface area contributed by atoms with Gasteiger partial charge in [0.05, 0.1) is 7.11 Å². The molecule has 0 aromatic heterocycles. The van der Waals surface area contributed by atoms with Gasteiger partial charge in [0.2, 0.25) is 5.91 Å². The molecule has 0 unspecified atom stereocenters. The number of benzene rings is 1. The molecule has 2 rings (SSSR count). The second-order valence-electron chi connectivity index (χ2n) is 3.07. The van der Waals surface area contributed by atoms with Crippen molar-refractivity contribution in [2.45, 2.75) is 20.3 Å². The summed E-state index contributed by atoms with van der Waals surface area (Å²) in [5.74, 6) is 0.938. The third-order valence-corrected chi connectivity index (χ3v) is 2.21. The molecule has 0 fully saturated rings. The van der Waals surface area contributed by atoms with Crippen LogP contribution in [0.3, 0.4) is 0 Å². The highest BCUT2D eigenvalue weighted by molar-refractivity contribution is 5.93. The average Bonchev–Trinajstić information content (AvgIpc) is 2.17. The molecule has 1 aliphatic rings. The summed E-state index contributed by atoms with van der Waals surface area (Å²) in [6.45, 7) is 0. The fourth-order valence-electron chi connectivity index (χ4n) is 1.49. The van der Waals surface area contributed by atoms with Crippen LogP contribution in [0.4, 0.5) is 5.69 Å². The van der Waals surface area contributed by atoms with Crippen LogP contribution >= 0.6 is 0 Å². The molecular formula is C11H15NO2. The quantitative estimate of drug-likeness (QED) is 0.742. The summed E-state index contributed by atoms with van der Waals surface area (Å²) in [5.41, 5.74) is 2.07. The van der Waals surface area contributed by atoms with Crippen LogP contribution in [-0.4, -0.2) is 13.0 Å². The van der Waals surface area contributed by atoms with Crippen LogP contribution in [0, 0.1) is 0 Å². The lowest BCUT2D eigenvalue weighted by Gasteiger charge is -2.16. The monoisotopic (exact) mass is 193 g/mol. The number of carbonyl (C=O) groups excluding carboxylic acids is 1. The number of aryl methyl sites for hydroxylation is 1. The normalized spacial score (nSPS) is 13.6. The predicted octanol–water partition coefficient (Wildman–Crippen LogP) is 2.22. The van der Waals surface area contributed by atoms with Gasteiger partial charge in [0.15, 0.2) is 0 Å². The first-order valence-electron chi connectivity index (χ1n) is 4.26. The highest BCUT2D eigenvalue weighted by atomic mass is 16.5. The number of methoxy groups -OCH3 is 1. The molecule has 1 amide bonds. The number of fused-ring (bicyclic) bond motifs is 1. The minimum absolute atomic E-state index is 0. The molecule has 0 radical (unpaired) electrons. The smallest absolute Gasteiger partial charge is 0.224 e. The van der Waals surface area contributed by atoms with Crippen molar-refractivity contribution in [2.75, 3.05) is 12.4 Å². The van der Waals surface area contributed by atoms with E-state index in [2.05, 4.69) is 5.32 Å². The standard InChI is InChI=1S/C10H11NO2.CH4/c1-13-8-3-4-9-7(6-8)2-5-10(12)11-9;/h3-4,6H,2,5H2,1H3,(H,11,12);1H4. The van der Waals surface area contributed by atoms with E-state index in [9.17, 15) is 4.79 Å². The van der Waals surface area contributed by atoms with Crippen LogP contribution in [0.25, 0.3) is 0 Å². The van der Waals surface area contributed by atoms with Crippen LogP contribution < -0.4 is 10.1 Å². The van der Waals surface area contributed by atoms with Gasteiger partial charge < -0.3 is 10.1 Å². The number of rotatable bonds is 1. The van der Waals surface area contributed by atoms with Crippen molar-refractivity contribution in [2.24, 2.45) is 0 Å². The Kier molecular flexibility index (Phi) is 3.12. The SMILES string of the molecule is C.COc1ccc2c(c1)CCC(=O)N2. The number of amides is 1. The van der Waals surface area contributed by atoms with Crippen LogP contribution in [-0.2, 0) is 11.2 Å². The van der Waals surface area contributed by atoms with Gasteiger partial charge in [-0.25, -0.2) is 0 Å². The van der Waals surface area contributed by atoms with Gasteiger partial charge in [0, 0.05) is 12.1 Å². The van der Waals surface area contributed by atoms with Gasteiger partial charge in [-0.05, 0) is 30.2 Å². The van der Waals surface area contributed by atoms with Gasteiger partial charge in [-0.15, -0.1) is 0 Å². The minimum atomic E-state index is 0. The van der Waals surface area contributed by atoms with E-state index < -0.39 is 0 Å². The molecule has 0 bridgehead atoms. The maximum absolute atomic E-state index is 11.0. The van der Waals surface area contributed by atoms with Gasteiger partial charge in [-0.1, -0.05) is 7.43 Å². The topological polar surface area (TPSA) is 38.3 Å². The summed E-state index contributed by atoms with van der Waals surface area (Å²) >= 11 is 0. The molecule has 0 aliphatic carbocycles. The van der Waals surface area contributed by atoms with Gasteiger partial charge >= 0.3 is 0 Å². The van der Waals surface area contributed by atoms with E-state index in [0.29, 0.717) is 6.42 Å². The Bertz CT molecular complexity index is 347. The molecule has 1 aromatic carbocycles. The third-order valence-electron chi connectivity index (χ3n) is 2.21. The van der Waals surface area contributed by atoms with Crippen molar-refractivity contribution < 1.29 is 9.53 Å². The van der Waals surface area contributed by atoms with Gasteiger partial charge in [-0.2, -0.15) is 0 Å². The largest absolute Gasteiger partial charge is 0.497 e. The Labute approximate surface area is 84.1 Å². The van der Waals surface area contributed by atoms with Gasteiger partial charge in [-0.3, -0.25) is 4.79 Å². The molecule has 3 heteroatoms. The summed E-state index contributed by atoms with van der Waals surface area (Å²) in [6.07, 6.45) is 1.37. The van der Waals surface area contributed by atoms with Crippen molar-refractivity contribution in [3.05, 3.63) is 23.8 Å². The highest BCUT2D eigenvalue weighted by Gasteiger charge is 2.14. The van der Waals surface area contributed by atoms with Crippen LogP contribution in [0.15, 0.2) is 18.2 Å². The Morgan fingerprint density at radius 1 is 1.36 bits per heavy atom. The van der Waals surface area contributed by atoms with E-state index in [1.54, 1.807) is 7.11 Å². The Hall–Kier alpha value is -1.51.